The maximum absolute atomic E-state index is 11.7. The van der Waals surface area contributed by atoms with Crippen molar-refractivity contribution >= 4 is 5.91 Å². The summed E-state index contributed by atoms with van der Waals surface area (Å²) in [7, 11) is 1.60. The number of carbonyl (C=O) groups is 1. The van der Waals surface area contributed by atoms with Crippen LogP contribution in [0.15, 0.2) is 0 Å². The van der Waals surface area contributed by atoms with Crippen LogP contribution >= 0.6 is 0 Å². The van der Waals surface area contributed by atoms with E-state index in [9.17, 15) is 4.79 Å². The second kappa shape index (κ2) is 5.72. The van der Waals surface area contributed by atoms with Gasteiger partial charge in [-0.25, -0.2) is 0 Å². The van der Waals surface area contributed by atoms with Gasteiger partial charge in [-0.15, -0.1) is 0 Å². The van der Waals surface area contributed by atoms with Gasteiger partial charge >= 0.3 is 0 Å². The molecule has 0 saturated heterocycles. The molecule has 15 heavy (non-hydrogen) atoms. The number of hydrogen-bond acceptors (Lipinski definition) is 3. The van der Waals surface area contributed by atoms with Crippen LogP contribution in [0.4, 0.5) is 0 Å². The Hall–Kier alpha value is -1.08. The topological polar surface area (TPSA) is 70.1 Å². The highest BCUT2D eigenvalue weighted by Crippen LogP contribution is 2.19. The molecule has 0 heterocycles. The maximum atomic E-state index is 11.7. The molecule has 0 aliphatic rings. The van der Waals surface area contributed by atoms with Gasteiger partial charge in [-0.1, -0.05) is 28.2 Å². The van der Waals surface area contributed by atoms with Crippen LogP contribution in [0.2, 0.25) is 0 Å². The molecule has 4 nitrogen and oxygen atoms in total. The molecule has 0 aliphatic heterocycles. The molecule has 2 atom stereocenters. The van der Waals surface area contributed by atoms with Crippen LogP contribution in [-0.2, 0) is 4.79 Å². The first kappa shape index (κ1) is 16.4. The highest BCUT2D eigenvalue weighted by molar-refractivity contribution is 5.82. The number of hydrogen-bond donors (Lipinski definition) is 1. The van der Waals surface area contributed by atoms with E-state index in [1.165, 1.54) is 4.90 Å². The van der Waals surface area contributed by atoms with E-state index in [1.807, 2.05) is 26.8 Å². The SMILES string of the molecule is C.C[C@@H](C#N)N(C)C(=O)[C@@H](N)C(C)(C)C. The lowest BCUT2D eigenvalue weighted by molar-refractivity contribution is -0.134. The maximum Gasteiger partial charge on any atom is 0.240 e. The zero-order valence-electron chi connectivity index (χ0n) is 9.53. The number of nitrogens with zero attached hydrogens (tertiary/aromatic N) is 2. The van der Waals surface area contributed by atoms with E-state index < -0.39 is 12.1 Å². The molecule has 0 aliphatic carbocycles. The van der Waals surface area contributed by atoms with Crippen molar-refractivity contribution in [3.8, 4) is 6.07 Å². The third-order valence-electron chi connectivity index (χ3n) is 2.31. The first-order valence-corrected chi connectivity index (χ1v) is 4.63. The Balaban J connectivity index is 0. The summed E-state index contributed by atoms with van der Waals surface area (Å²) in [6.07, 6.45) is 0. The third-order valence-corrected chi connectivity index (χ3v) is 2.31. The smallest absolute Gasteiger partial charge is 0.240 e. The summed E-state index contributed by atoms with van der Waals surface area (Å²) in [4.78, 5) is 13.1. The summed E-state index contributed by atoms with van der Waals surface area (Å²) >= 11 is 0. The van der Waals surface area contributed by atoms with E-state index in [-0.39, 0.29) is 18.7 Å². The number of nitriles is 1. The highest BCUT2D eigenvalue weighted by atomic mass is 16.2. The zero-order chi connectivity index (χ0) is 11.5. The second-order valence-electron chi connectivity index (χ2n) is 4.60. The van der Waals surface area contributed by atoms with Crippen LogP contribution in [0.25, 0.3) is 0 Å². The fourth-order valence-electron chi connectivity index (χ4n) is 0.867. The third kappa shape index (κ3) is 4.30. The first-order valence-electron chi connectivity index (χ1n) is 4.63. The molecule has 88 valence electrons. The summed E-state index contributed by atoms with van der Waals surface area (Å²) in [6.45, 7) is 7.38. The molecule has 0 rings (SSSR count). The molecule has 4 heteroatoms. The van der Waals surface area contributed by atoms with Crippen molar-refractivity contribution in [2.45, 2.75) is 47.2 Å². The van der Waals surface area contributed by atoms with Gasteiger partial charge in [0.15, 0.2) is 0 Å². The monoisotopic (exact) mass is 213 g/mol. The van der Waals surface area contributed by atoms with Gasteiger partial charge in [0, 0.05) is 7.05 Å². The van der Waals surface area contributed by atoms with Crippen LogP contribution in [0, 0.1) is 16.7 Å². The number of rotatable bonds is 2. The van der Waals surface area contributed by atoms with E-state index in [4.69, 9.17) is 11.0 Å². The first-order chi connectivity index (χ1) is 6.21. The van der Waals surface area contributed by atoms with Gasteiger partial charge in [0.2, 0.25) is 5.91 Å². The Morgan fingerprint density at radius 2 is 1.87 bits per heavy atom. The van der Waals surface area contributed by atoms with Gasteiger partial charge in [0.25, 0.3) is 0 Å². The van der Waals surface area contributed by atoms with E-state index in [0.29, 0.717) is 0 Å². The minimum Gasteiger partial charge on any atom is -0.329 e. The normalized spacial score (nSPS) is 14.5. The van der Waals surface area contributed by atoms with Crippen molar-refractivity contribution < 1.29 is 4.79 Å². The fraction of sp³-hybridized carbons (Fsp3) is 0.818. The average Bonchev–Trinajstić information content (AvgIpc) is 2.11. The molecule has 0 aromatic rings. The molecule has 0 aromatic carbocycles. The number of nitrogens with two attached hydrogens (primary N) is 1. The standard InChI is InChI=1S/C10H19N3O.CH4/c1-7(6-11)13(5)9(14)8(12)10(2,3)4;/h7-8H,12H2,1-5H3;1H4/t7-,8+;/m0./s1. The average molecular weight is 213 g/mol. The second-order valence-corrected chi connectivity index (χ2v) is 4.60. The van der Waals surface area contributed by atoms with Gasteiger partial charge < -0.3 is 10.6 Å². The van der Waals surface area contributed by atoms with Gasteiger partial charge in [-0.05, 0) is 12.3 Å². The Morgan fingerprint density at radius 3 is 2.13 bits per heavy atom. The Labute approximate surface area is 93.0 Å². The Bertz CT molecular complexity index is 250. The minimum atomic E-state index is -0.566. The van der Waals surface area contributed by atoms with Crippen molar-refractivity contribution in [2.75, 3.05) is 7.05 Å². The summed E-state index contributed by atoms with van der Waals surface area (Å²) in [5, 5.41) is 8.65. The van der Waals surface area contributed by atoms with E-state index in [0.717, 1.165) is 0 Å². The van der Waals surface area contributed by atoms with Gasteiger partial charge in [0.1, 0.15) is 6.04 Å². The Morgan fingerprint density at radius 1 is 1.47 bits per heavy atom. The van der Waals surface area contributed by atoms with Crippen molar-refractivity contribution in [3.63, 3.8) is 0 Å². The number of amides is 1. The fourth-order valence-corrected chi connectivity index (χ4v) is 0.867. The van der Waals surface area contributed by atoms with Gasteiger partial charge in [-0.3, -0.25) is 4.79 Å². The van der Waals surface area contributed by atoms with Crippen LogP contribution in [-0.4, -0.2) is 29.9 Å². The van der Waals surface area contributed by atoms with Crippen molar-refractivity contribution in [1.29, 1.82) is 5.26 Å². The lowest BCUT2D eigenvalue weighted by Crippen LogP contribution is -2.51. The van der Waals surface area contributed by atoms with Crippen LogP contribution < -0.4 is 5.73 Å². The molecule has 1 amide bonds. The quantitative estimate of drug-likeness (QED) is 0.753. The molecule has 0 fully saturated rings. The predicted molar refractivity (Wildman–Crippen MR) is 62.0 cm³/mol. The van der Waals surface area contributed by atoms with Crippen molar-refractivity contribution in [2.24, 2.45) is 11.1 Å². The number of likely N-dealkylation sites (N-methyl/N-ethyl adjacent to an activating group) is 1. The largest absolute Gasteiger partial charge is 0.329 e. The minimum absolute atomic E-state index is 0. The molecule has 0 aromatic heterocycles. The number of carbonyl (C=O) groups excluding carboxylic acids is 1. The lowest BCUT2D eigenvalue weighted by atomic mass is 9.86. The molecule has 0 bridgehead atoms. The van der Waals surface area contributed by atoms with Crippen LogP contribution in [0.5, 0.6) is 0 Å². The van der Waals surface area contributed by atoms with Crippen LogP contribution in [0.3, 0.4) is 0 Å². The molecule has 0 unspecified atom stereocenters. The molecule has 0 radical (unpaired) electrons. The molecular weight excluding hydrogens is 190 g/mol. The highest BCUT2D eigenvalue weighted by Gasteiger charge is 2.31. The van der Waals surface area contributed by atoms with Crippen molar-refractivity contribution in [3.05, 3.63) is 0 Å². The Kier molecular flexibility index (Phi) is 6.23. The van der Waals surface area contributed by atoms with Gasteiger partial charge in [0.05, 0.1) is 12.1 Å². The van der Waals surface area contributed by atoms with E-state index >= 15 is 0 Å². The van der Waals surface area contributed by atoms with Crippen LogP contribution in [0.1, 0.15) is 35.1 Å². The molecule has 0 saturated carbocycles. The van der Waals surface area contributed by atoms with E-state index in [1.54, 1.807) is 14.0 Å². The zero-order valence-corrected chi connectivity index (χ0v) is 9.53. The predicted octanol–water partition coefficient (Wildman–Crippen LogP) is 1.37. The lowest BCUT2D eigenvalue weighted by Gasteiger charge is -2.30. The summed E-state index contributed by atoms with van der Waals surface area (Å²) in [5.74, 6) is -0.188. The summed E-state index contributed by atoms with van der Waals surface area (Å²) in [5.41, 5.74) is 5.51. The molecule has 0 spiro atoms. The molecular formula is C11H23N3O. The van der Waals surface area contributed by atoms with Crippen molar-refractivity contribution in [1.82, 2.24) is 4.90 Å². The summed E-state index contributed by atoms with van der Waals surface area (Å²) < 4.78 is 0. The van der Waals surface area contributed by atoms with E-state index in [2.05, 4.69) is 0 Å². The van der Waals surface area contributed by atoms with Gasteiger partial charge in [-0.2, -0.15) is 5.26 Å². The molecule has 2 N–H and O–H groups in total. The summed E-state index contributed by atoms with van der Waals surface area (Å²) in [6, 6.07) is 1.00.